The van der Waals surface area contributed by atoms with E-state index in [1.807, 2.05) is 32.0 Å². The van der Waals surface area contributed by atoms with Crippen molar-refractivity contribution >= 4 is 21.6 Å². The Morgan fingerprint density at radius 2 is 1.79 bits per heavy atom. The summed E-state index contributed by atoms with van der Waals surface area (Å²) in [5.41, 5.74) is 2.51. The fourth-order valence-corrected chi connectivity index (χ4v) is 4.49. The van der Waals surface area contributed by atoms with Crippen LogP contribution >= 0.6 is 0 Å². The third-order valence-corrected chi connectivity index (χ3v) is 6.19. The maximum absolute atomic E-state index is 12.7. The molecule has 0 spiro atoms. The Morgan fingerprint density at radius 3 is 2.46 bits per heavy atom. The molecule has 0 atom stereocenters. The van der Waals surface area contributed by atoms with Gasteiger partial charge in [-0.3, -0.25) is 4.79 Å². The molecule has 1 aliphatic heterocycles. The molecule has 0 aliphatic carbocycles. The Bertz CT molecular complexity index is 933. The monoisotopic (exact) mass is 404 g/mol. The minimum Gasteiger partial charge on any atom is -0.484 e. The number of carbonyl (C=O) groups excluding carboxylic acids is 1. The molecule has 7 nitrogen and oxygen atoms in total. The molecular weight excluding hydrogens is 380 g/mol. The minimum atomic E-state index is -3.61. The van der Waals surface area contributed by atoms with Gasteiger partial charge in [-0.15, -0.1) is 0 Å². The van der Waals surface area contributed by atoms with E-state index >= 15 is 0 Å². The fraction of sp³-hybridized carbons (Fsp3) is 0.350. The van der Waals surface area contributed by atoms with Gasteiger partial charge in [0.2, 0.25) is 10.0 Å². The number of aryl methyl sites for hydroxylation is 2. The fourth-order valence-electron chi connectivity index (χ4n) is 3.03. The molecule has 0 unspecified atom stereocenters. The summed E-state index contributed by atoms with van der Waals surface area (Å²) < 4.78 is 37.6. The number of carbonyl (C=O) groups is 1. The zero-order valence-corrected chi connectivity index (χ0v) is 16.8. The van der Waals surface area contributed by atoms with Crippen LogP contribution in [0.4, 0.5) is 5.69 Å². The summed E-state index contributed by atoms with van der Waals surface area (Å²) in [5.74, 6) is 0.261. The summed E-state index contributed by atoms with van der Waals surface area (Å²) in [5, 5.41) is 2.69. The van der Waals surface area contributed by atoms with Crippen molar-refractivity contribution in [1.29, 1.82) is 0 Å². The van der Waals surface area contributed by atoms with Crippen molar-refractivity contribution in [3.63, 3.8) is 0 Å². The van der Waals surface area contributed by atoms with Gasteiger partial charge in [0, 0.05) is 18.8 Å². The van der Waals surface area contributed by atoms with E-state index in [-0.39, 0.29) is 17.4 Å². The molecule has 1 saturated heterocycles. The van der Waals surface area contributed by atoms with Gasteiger partial charge in [-0.05, 0) is 55.3 Å². The average molecular weight is 404 g/mol. The Kier molecular flexibility index (Phi) is 6.33. The second-order valence-electron chi connectivity index (χ2n) is 6.70. The van der Waals surface area contributed by atoms with E-state index in [1.165, 1.54) is 16.4 Å². The highest BCUT2D eigenvalue weighted by atomic mass is 32.2. The Labute approximate surface area is 165 Å². The van der Waals surface area contributed by atoms with E-state index in [9.17, 15) is 13.2 Å². The Balaban J connectivity index is 1.64. The normalized spacial score (nSPS) is 15.2. The molecule has 0 saturated carbocycles. The van der Waals surface area contributed by atoms with Gasteiger partial charge < -0.3 is 14.8 Å². The quantitative estimate of drug-likeness (QED) is 0.799. The smallest absolute Gasteiger partial charge is 0.262 e. The zero-order valence-electron chi connectivity index (χ0n) is 16.0. The minimum absolute atomic E-state index is 0.141. The number of rotatable bonds is 6. The molecule has 1 aliphatic rings. The molecule has 3 rings (SSSR count). The summed E-state index contributed by atoms with van der Waals surface area (Å²) in [6, 6.07) is 12.0. The largest absolute Gasteiger partial charge is 0.484 e. The maximum atomic E-state index is 12.7. The van der Waals surface area contributed by atoms with Crippen LogP contribution in [0, 0.1) is 13.8 Å². The molecular formula is C20H24N2O5S. The van der Waals surface area contributed by atoms with Gasteiger partial charge in [-0.2, -0.15) is 4.31 Å². The van der Waals surface area contributed by atoms with Gasteiger partial charge in [0.15, 0.2) is 6.61 Å². The highest BCUT2D eigenvalue weighted by molar-refractivity contribution is 7.89. The Morgan fingerprint density at radius 1 is 1.11 bits per heavy atom. The van der Waals surface area contributed by atoms with Crippen molar-refractivity contribution < 1.29 is 22.7 Å². The molecule has 1 N–H and O–H groups in total. The Hall–Kier alpha value is -2.42. The molecule has 28 heavy (non-hydrogen) atoms. The molecule has 0 radical (unpaired) electrons. The number of morpholine rings is 1. The molecule has 0 bridgehead atoms. The lowest BCUT2D eigenvalue weighted by Crippen LogP contribution is -2.40. The van der Waals surface area contributed by atoms with Crippen LogP contribution in [-0.2, 0) is 19.6 Å². The molecule has 8 heteroatoms. The van der Waals surface area contributed by atoms with Gasteiger partial charge in [0.1, 0.15) is 5.75 Å². The third-order valence-electron chi connectivity index (χ3n) is 4.29. The van der Waals surface area contributed by atoms with Crippen molar-refractivity contribution in [2.45, 2.75) is 18.7 Å². The molecule has 0 aromatic heterocycles. The van der Waals surface area contributed by atoms with Crippen LogP contribution in [0.5, 0.6) is 5.75 Å². The summed E-state index contributed by atoms with van der Waals surface area (Å²) in [6.07, 6.45) is 0. The second kappa shape index (κ2) is 8.72. The number of hydrogen-bond acceptors (Lipinski definition) is 5. The van der Waals surface area contributed by atoms with E-state index in [0.717, 1.165) is 11.1 Å². The number of nitrogens with one attached hydrogen (secondary N) is 1. The highest BCUT2D eigenvalue weighted by Crippen LogP contribution is 2.21. The predicted molar refractivity (Wildman–Crippen MR) is 106 cm³/mol. The number of amides is 1. The van der Waals surface area contributed by atoms with Gasteiger partial charge in [0.25, 0.3) is 5.91 Å². The van der Waals surface area contributed by atoms with Gasteiger partial charge in [-0.25, -0.2) is 8.42 Å². The van der Waals surface area contributed by atoms with Crippen molar-refractivity contribution in [2.75, 3.05) is 38.2 Å². The molecule has 1 amide bonds. The third kappa shape index (κ3) is 5.09. The predicted octanol–water partition coefficient (Wildman–Crippen LogP) is 2.34. The van der Waals surface area contributed by atoms with E-state index in [1.54, 1.807) is 12.1 Å². The lowest BCUT2D eigenvalue weighted by Gasteiger charge is -2.26. The van der Waals surface area contributed by atoms with E-state index in [0.29, 0.717) is 37.7 Å². The van der Waals surface area contributed by atoms with Gasteiger partial charge in [0.05, 0.1) is 18.1 Å². The number of hydrogen-bond donors (Lipinski definition) is 1. The first kappa shape index (κ1) is 20.3. The first-order chi connectivity index (χ1) is 13.3. The first-order valence-electron chi connectivity index (χ1n) is 9.03. The number of anilines is 1. The van der Waals surface area contributed by atoms with Crippen molar-refractivity contribution in [3.05, 3.63) is 53.6 Å². The topological polar surface area (TPSA) is 84.9 Å². The molecule has 2 aromatic carbocycles. The summed E-state index contributed by atoms with van der Waals surface area (Å²) >= 11 is 0. The summed E-state index contributed by atoms with van der Waals surface area (Å²) in [7, 11) is -3.61. The van der Waals surface area contributed by atoms with Crippen LogP contribution in [0.1, 0.15) is 11.1 Å². The van der Waals surface area contributed by atoms with Crippen LogP contribution < -0.4 is 10.1 Å². The zero-order chi connectivity index (χ0) is 20.1. The first-order valence-corrected chi connectivity index (χ1v) is 10.5. The molecule has 2 aromatic rings. The van der Waals surface area contributed by atoms with Crippen molar-refractivity contribution in [3.8, 4) is 5.75 Å². The van der Waals surface area contributed by atoms with Crippen LogP contribution in [0.2, 0.25) is 0 Å². The van der Waals surface area contributed by atoms with Gasteiger partial charge >= 0.3 is 0 Å². The number of benzene rings is 2. The number of sulfonamides is 1. The number of ether oxygens (including phenoxy) is 2. The van der Waals surface area contributed by atoms with Crippen LogP contribution in [0.15, 0.2) is 47.4 Å². The lowest BCUT2D eigenvalue weighted by atomic mass is 10.1. The molecule has 1 heterocycles. The SMILES string of the molecule is Cc1cc(C)cc(OCC(=O)Nc2cccc(S(=O)(=O)N3CCOCC3)c2)c1. The molecule has 1 fully saturated rings. The van der Waals surface area contributed by atoms with Crippen LogP contribution in [0.3, 0.4) is 0 Å². The van der Waals surface area contributed by atoms with Crippen molar-refractivity contribution in [1.82, 2.24) is 4.31 Å². The van der Waals surface area contributed by atoms with E-state index < -0.39 is 10.0 Å². The highest BCUT2D eigenvalue weighted by Gasteiger charge is 2.26. The van der Waals surface area contributed by atoms with Crippen LogP contribution in [-0.4, -0.2) is 51.5 Å². The van der Waals surface area contributed by atoms with E-state index in [2.05, 4.69) is 5.32 Å². The van der Waals surface area contributed by atoms with Crippen LogP contribution in [0.25, 0.3) is 0 Å². The van der Waals surface area contributed by atoms with Crippen molar-refractivity contribution in [2.24, 2.45) is 0 Å². The average Bonchev–Trinajstić information content (AvgIpc) is 2.66. The number of nitrogens with zero attached hydrogens (tertiary/aromatic N) is 1. The maximum Gasteiger partial charge on any atom is 0.262 e. The standard InChI is InChI=1S/C20H24N2O5S/c1-15-10-16(2)12-18(11-15)27-14-20(23)21-17-4-3-5-19(13-17)28(24,25)22-6-8-26-9-7-22/h3-5,10-13H,6-9,14H2,1-2H3,(H,21,23). The summed E-state index contributed by atoms with van der Waals surface area (Å²) in [6.45, 7) is 5.16. The summed E-state index contributed by atoms with van der Waals surface area (Å²) in [4.78, 5) is 12.3. The van der Waals surface area contributed by atoms with E-state index in [4.69, 9.17) is 9.47 Å². The van der Waals surface area contributed by atoms with Gasteiger partial charge in [-0.1, -0.05) is 12.1 Å². The second-order valence-corrected chi connectivity index (χ2v) is 8.64. The lowest BCUT2D eigenvalue weighted by molar-refractivity contribution is -0.118. The molecule has 150 valence electrons.